The van der Waals surface area contributed by atoms with Gasteiger partial charge in [-0.3, -0.25) is 9.59 Å². The number of aliphatic hydroxyl groups is 1. The SMILES string of the molecule is Cc1nn(C)c(=O)c(C(=O)NCC2CCC(O)CC2)c1C. The zero-order valence-electron chi connectivity index (χ0n) is 12.8. The van der Waals surface area contributed by atoms with E-state index in [9.17, 15) is 14.7 Å². The highest BCUT2D eigenvalue weighted by Gasteiger charge is 2.22. The highest BCUT2D eigenvalue weighted by Crippen LogP contribution is 2.23. The first-order valence-electron chi connectivity index (χ1n) is 7.41. The summed E-state index contributed by atoms with van der Waals surface area (Å²) >= 11 is 0. The van der Waals surface area contributed by atoms with E-state index in [1.165, 1.54) is 4.68 Å². The minimum Gasteiger partial charge on any atom is -0.393 e. The van der Waals surface area contributed by atoms with E-state index in [0.717, 1.165) is 25.7 Å². The highest BCUT2D eigenvalue weighted by atomic mass is 16.3. The normalized spacial score (nSPS) is 22.1. The van der Waals surface area contributed by atoms with Gasteiger partial charge in [-0.1, -0.05) is 0 Å². The third kappa shape index (κ3) is 3.50. The van der Waals surface area contributed by atoms with E-state index >= 15 is 0 Å². The van der Waals surface area contributed by atoms with Gasteiger partial charge < -0.3 is 10.4 Å². The Morgan fingerprint density at radius 1 is 1.33 bits per heavy atom. The quantitative estimate of drug-likeness (QED) is 0.858. The monoisotopic (exact) mass is 293 g/mol. The smallest absolute Gasteiger partial charge is 0.279 e. The fourth-order valence-electron chi connectivity index (χ4n) is 2.79. The molecule has 1 heterocycles. The minimum absolute atomic E-state index is 0.181. The molecule has 21 heavy (non-hydrogen) atoms. The van der Waals surface area contributed by atoms with Gasteiger partial charge in [0.05, 0.1) is 11.8 Å². The summed E-state index contributed by atoms with van der Waals surface area (Å²) < 4.78 is 1.20. The lowest BCUT2D eigenvalue weighted by Crippen LogP contribution is -2.38. The number of nitrogens with zero attached hydrogens (tertiary/aromatic N) is 2. The van der Waals surface area contributed by atoms with Crippen LogP contribution in [0.3, 0.4) is 0 Å². The van der Waals surface area contributed by atoms with Crippen molar-refractivity contribution in [3.63, 3.8) is 0 Å². The van der Waals surface area contributed by atoms with Gasteiger partial charge in [-0.15, -0.1) is 0 Å². The number of aryl methyl sites for hydroxylation is 2. The van der Waals surface area contributed by atoms with Crippen LogP contribution in [-0.2, 0) is 7.05 Å². The van der Waals surface area contributed by atoms with Crippen molar-refractivity contribution >= 4 is 5.91 Å². The molecule has 0 bridgehead atoms. The molecule has 0 atom stereocenters. The van der Waals surface area contributed by atoms with Crippen LogP contribution < -0.4 is 10.9 Å². The molecule has 1 saturated carbocycles. The van der Waals surface area contributed by atoms with Crippen molar-refractivity contribution in [3.8, 4) is 0 Å². The summed E-state index contributed by atoms with van der Waals surface area (Å²) in [5.41, 5.74) is 1.13. The van der Waals surface area contributed by atoms with Gasteiger partial charge in [0.2, 0.25) is 0 Å². The summed E-state index contributed by atoms with van der Waals surface area (Å²) in [6, 6.07) is 0. The van der Waals surface area contributed by atoms with Gasteiger partial charge in [-0.25, -0.2) is 4.68 Å². The van der Waals surface area contributed by atoms with Crippen LogP contribution in [0.15, 0.2) is 4.79 Å². The first-order valence-corrected chi connectivity index (χ1v) is 7.41. The maximum absolute atomic E-state index is 12.3. The minimum atomic E-state index is -0.366. The topological polar surface area (TPSA) is 84.2 Å². The molecular formula is C15H23N3O3. The molecule has 6 heteroatoms. The van der Waals surface area contributed by atoms with Crippen molar-refractivity contribution in [2.75, 3.05) is 6.54 Å². The average molecular weight is 293 g/mol. The Bertz CT molecular complexity index is 587. The molecule has 1 aromatic heterocycles. The zero-order chi connectivity index (χ0) is 15.6. The van der Waals surface area contributed by atoms with E-state index in [1.807, 2.05) is 0 Å². The Labute approximate surface area is 124 Å². The number of hydrogen-bond acceptors (Lipinski definition) is 4. The Hall–Kier alpha value is -1.69. The van der Waals surface area contributed by atoms with E-state index in [4.69, 9.17) is 0 Å². The van der Waals surface area contributed by atoms with Crippen LogP contribution in [0.1, 0.15) is 47.3 Å². The second-order valence-corrected chi connectivity index (χ2v) is 5.90. The van der Waals surface area contributed by atoms with E-state index < -0.39 is 0 Å². The number of carbonyl (C=O) groups is 1. The fourth-order valence-corrected chi connectivity index (χ4v) is 2.79. The van der Waals surface area contributed by atoms with Gasteiger partial charge in [0.15, 0.2) is 0 Å². The lowest BCUT2D eigenvalue weighted by Gasteiger charge is -2.25. The van der Waals surface area contributed by atoms with Crippen molar-refractivity contribution in [2.45, 2.75) is 45.6 Å². The third-order valence-corrected chi connectivity index (χ3v) is 4.32. The summed E-state index contributed by atoms with van der Waals surface area (Å²) in [6.07, 6.45) is 3.20. The van der Waals surface area contributed by atoms with Crippen LogP contribution in [0.2, 0.25) is 0 Å². The number of hydrogen-bond donors (Lipinski definition) is 2. The van der Waals surface area contributed by atoms with Crippen molar-refractivity contribution < 1.29 is 9.90 Å². The molecule has 1 aliphatic carbocycles. The number of aliphatic hydroxyl groups excluding tert-OH is 1. The molecule has 1 aliphatic rings. The van der Waals surface area contributed by atoms with Crippen LogP contribution in [0.25, 0.3) is 0 Å². The number of amides is 1. The van der Waals surface area contributed by atoms with Crippen molar-refractivity contribution in [1.29, 1.82) is 0 Å². The second-order valence-electron chi connectivity index (χ2n) is 5.90. The molecule has 0 radical (unpaired) electrons. The van der Waals surface area contributed by atoms with Gasteiger partial charge in [0.1, 0.15) is 5.56 Å². The van der Waals surface area contributed by atoms with E-state index in [1.54, 1.807) is 20.9 Å². The highest BCUT2D eigenvalue weighted by molar-refractivity contribution is 5.95. The summed E-state index contributed by atoms with van der Waals surface area (Å²) in [5, 5.41) is 16.4. The maximum atomic E-state index is 12.3. The van der Waals surface area contributed by atoms with Gasteiger partial charge >= 0.3 is 0 Å². The summed E-state index contributed by atoms with van der Waals surface area (Å²) in [6.45, 7) is 4.08. The van der Waals surface area contributed by atoms with E-state index in [0.29, 0.717) is 23.7 Å². The van der Waals surface area contributed by atoms with Crippen LogP contribution >= 0.6 is 0 Å². The molecule has 1 amide bonds. The first kappa shape index (κ1) is 15.7. The molecule has 1 aromatic rings. The van der Waals surface area contributed by atoms with Crippen LogP contribution in [0, 0.1) is 19.8 Å². The third-order valence-electron chi connectivity index (χ3n) is 4.32. The standard InChI is InChI=1S/C15H23N3O3/c1-9-10(2)17-18(3)15(21)13(9)14(20)16-8-11-4-6-12(19)7-5-11/h11-12,19H,4-8H2,1-3H3,(H,16,20). The second kappa shape index (κ2) is 6.39. The molecule has 116 valence electrons. The lowest BCUT2D eigenvalue weighted by atomic mass is 9.87. The molecule has 2 N–H and O–H groups in total. The summed E-state index contributed by atoms with van der Waals surface area (Å²) in [4.78, 5) is 24.4. The number of carbonyl (C=O) groups excluding carboxylic acids is 1. The molecule has 0 aliphatic heterocycles. The Kier molecular flexibility index (Phi) is 4.77. The van der Waals surface area contributed by atoms with Crippen LogP contribution in [-0.4, -0.2) is 33.4 Å². The molecule has 0 unspecified atom stereocenters. The predicted octanol–water partition coefficient (Wildman–Crippen LogP) is 0.678. The van der Waals surface area contributed by atoms with Gasteiger partial charge in [-0.05, 0) is 51.0 Å². The van der Waals surface area contributed by atoms with Crippen molar-refractivity contribution in [3.05, 3.63) is 27.2 Å². The predicted molar refractivity (Wildman–Crippen MR) is 79.3 cm³/mol. The molecule has 6 nitrogen and oxygen atoms in total. The lowest BCUT2D eigenvalue weighted by molar-refractivity contribution is 0.0907. The van der Waals surface area contributed by atoms with Crippen molar-refractivity contribution in [1.82, 2.24) is 15.1 Å². The van der Waals surface area contributed by atoms with Gasteiger partial charge in [0.25, 0.3) is 11.5 Å². The van der Waals surface area contributed by atoms with Crippen LogP contribution in [0.4, 0.5) is 0 Å². The van der Waals surface area contributed by atoms with Gasteiger partial charge in [0, 0.05) is 13.6 Å². The summed E-state index contributed by atoms with van der Waals surface area (Å²) in [7, 11) is 1.55. The van der Waals surface area contributed by atoms with E-state index in [2.05, 4.69) is 10.4 Å². The fraction of sp³-hybridized carbons (Fsp3) is 0.667. The molecule has 1 fully saturated rings. The number of rotatable bonds is 3. The first-order chi connectivity index (χ1) is 9.90. The molecule has 0 saturated heterocycles. The van der Waals surface area contributed by atoms with Crippen molar-refractivity contribution in [2.24, 2.45) is 13.0 Å². The maximum Gasteiger partial charge on any atom is 0.279 e. The Morgan fingerprint density at radius 2 is 1.95 bits per heavy atom. The number of nitrogens with one attached hydrogen (secondary N) is 1. The van der Waals surface area contributed by atoms with E-state index in [-0.39, 0.29) is 23.1 Å². The molecular weight excluding hydrogens is 270 g/mol. The molecule has 0 aromatic carbocycles. The Morgan fingerprint density at radius 3 is 2.57 bits per heavy atom. The number of aromatic nitrogens is 2. The largest absolute Gasteiger partial charge is 0.393 e. The molecule has 2 rings (SSSR count). The van der Waals surface area contributed by atoms with Gasteiger partial charge in [-0.2, -0.15) is 5.10 Å². The van der Waals surface area contributed by atoms with Crippen LogP contribution in [0.5, 0.6) is 0 Å². The zero-order valence-corrected chi connectivity index (χ0v) is 12.8. The average Bonchev–Trinajstić information content (AvgIpc) is 2.45. The Balaban J connectivity index is 2.06. The summed E-state index contributed by atoms with van der Waals surface area (Å²) in [5.74, 6) is 0.0502. The molecule has 0 spiro atoms.